The Morgan fingerprint density at radius 1 is 0.679 bits per heavy atom. The number of benzene rings is 6. The van der Waals surface area contributed by atoms with Crippen molar-refractivity contribution >= 4 is 55.3 Å². The van der Waals surface area contributed by atoms with Gasteiger partial charge >= 0.3 is 0 Å². The van der Waals surface area contributed by atoms with Crippen molar-refractivity contribution in [3.8, 4) is 22.3 Å². The minimum absolute atomic E-state index is 0.0199. The molecule has 0 saturated carbocycles. The van der Waals surface area contributed by atoms with Crippen molar-refractivity contribution < 1.29 is 0 Å². The molecule has 0 fully saturated rings. The van der Waals surface area contributed by atoms with E-state index in [9.17, 15) is 0 Å². The number of allylic oxidation sites excluding steroid dienone is 1. The highest BCUT2D eigenvalue weighted by molar-refractivity contribution is 7.19. The monoisotopic (exact) mass is 699 g/mol. The predicted octanol–water partition coefficient (Wildman–Crippen LogP) is 12.6. The highest BCUT2D eigenvalue weighted by Gasteiger charge is 2.35. The minimum Gasteiger partial charge on any atom is -0.345 e. The molecular weight excluding hydrogens is 663 g/mol. The van der Waals surface area contributed by atoms with E-state index in [4.69, 9.17) is 4.99 Å². The Hall–Kier alpha value is -5.97. The van der Waals surface area contributed by atoms with Gasteiger partial charge in [0.1, 0.15) is 0 Å². The average molecular weight is 700 g/mol. The summed E-state index contributed by atoms with van der Waals surface area (Å²) in [6.45, 7) is 4.69. The standard InChI is InChI=1S/C49H37N3S/c1-49(2)41-18-6-3-13-35(41)36-23-21-31(29-42(36)49)30-11-9-12-33(27-30)43-25-26-50-48(51-43)52-44-19-7-4-14-37(44)40-28-32(22-24-45(40)52)34-16-10-17-39-38-15-5-8-20-46(38)53-47(34)39/h3-15,17-29,34,43H,16H2,1-2H3,(H,50,51). The first-order chi connectivity index (χ1) is 26.0. The van der Waals surface area contributed by atoms with E-state index in [1.54, 1.807) is 0 Å². The molecule has 0 bridgehead atoms. The third kappa shape index (κ3) is 4.62. The Kier molecular flexibility index (Phi) is 6.66. The molecule has 2 aromatic heterocycles. The van der Waals surface area contributed by atoms with Gasteiger partial charge in [-0.2, -0.15) is 0 Å². The van der Waals surface area contributed by atoms with E-state index in [-0.39, 0.29) is 11.5 Å². The second-order valence-electron chi connectivity index (χ2n) is 15.2. The lowest BCUT2D eigenvalue weighted by Crippen LogP contribution is -2.34. The van der Waals surface area contributed by atoms with Crippen LogP contribution in [0.2, 0.25) is 0 Å². The van der Waals surface area contributed by atoms with Crippen LogP contribution in [0.3, 0.4) is 0 Å². The number of fused-ring (bicyclic) bond motifs is 9. The van der Waals surface area contributed by atoms with Crippen molar-refractivity contribution in [1.82, 2.24) is 9.88 Å². The van der Waals surface area contributed by atoms with Gasteiger partial charge in [0.2, 0.25) is 5.96 Å². The zero-order valence-corrected chi connectivity index (χ0v) is 30.5. The highest BCUT2D eigenvalue weighted by atomic mass is 32.1. The quantitative estimate of drug-likeness (QED) is 0.195. The molecule has 2 aliphatic carbocycles. The molecule has 0 saturated heterocycles. The molecule has 1 aliphatic heterocycles. The van der Waals surface area contributed by atoms with Crippen LogP contribution in [0, 0.1) is 0 Å². The minimum atomic E-state index is -0.0311. The molecule has 3 aliphatic rings. The maximum Gasteiger partial charge on any atom is 0.208 e. The maximum atomic E-state index is 4.95. The van der Waals surface area contributed by atoms with E-state index >= 15 is 0 Å². The summed E-state index contributed by atoms with van der Waals surface area (Å²) >= 11 is 1.95. The summed E-state index contributed by atoms with van der Waals surface area (Å²) in [5.41, 5.74) is 14.2. The van der Waals surface area contributed by atoms with Gasteiger partial charge in [-0.3, -0.25) is 4.57 Å². The van der Waals surface area contributed by atoms with Gasteiger partial charge in [-0.05, 0) is 104 Å². The van der Waals surface area contributed by atoms with Crippen molar-refractivity contribution in [1.29, 1.82) is 0 Å². The number of hydrogen-bond acceptors (Lipinski definition) is 3. The third-order valence-corrected chi connectivity index (χ3v) is 13.2. The first-order valence-electron chi connectivity index (χ1n) is 18.6. The smallest absolute Gasteiger partial charge is 0.208 e. The van der Waals surface area contributed by atoms with Crippen molar-refractivity contribution in [2.45, 2.75) is 37.6 Å². The summed E-state index contributed by atoms with van der Waals surface area (Å²) in [5, 5.41) is 7.69. The molecule has 0 radical (unpaired) electrons. The molecular formula is C49H37N3S. The van der Waals surface area contributed by atoms with Crippen LogP contribution in [-0.4, -0.2) is 10.5 Å². The summed E-state index contributed by atoms with van der Waals surface area (Å²) in [7, 11) is 0. The van der Waals surface area contributed by atoms with E-state index in [0.29, 0.717) is 5.92 Å². The maximum absolute atomic E-state index is 4.95. The number of aliphatic imine (C=N–C) groups is 1. The van der Waals surface area contributed by atoms with Gasteiger partial charge in [-0.1, -0.05) is 123 Å². The molecule has 4 heteroatoms. The number of hydrogen-bond donors (Lipinski definition) is 1. The van der Waals surface area contributed by atoms with E-state index in [0.717, 1.165) is 23.4 Å². The van der Waals surface area contributed by atoms with Crippen molar-refractivity contribution in [3.05, 3.63) is 185 Å². The van der Waals surface area contributed by atoms with Gasteiger partial charge in [0.05, 0.1) is 17.1 Å². The van der Waals surface area contributed by atoms with Crippen LogP contribution in [0.25, 0.3) is 60.2 Å². The summed E-state index contributed by atoms with van der Waals surface area (Å²) in [5.74, 6) is 1.18. The van der Waals surface area contributed by atoms with Gasteiger partial charge < -0.3 is 5.32 Å². The number of rotatable bonds is 3. The lowest BCUT2D eigenvalue weighted by molar-refractivity contribution is 0.660. The number of para-hydroxylation sites is 1. The molecule has 2 unspecified atom stereocenters. The highest BCUT2D eigenvalue weighted by Crippen LogP contribution is 2.50. The van der Waals surface area contributed by atoms with Crippen molar-refractivity contribution in [2.24, 2.45) is 4.99 Å². The van der Waals surface area contributed by atoms with E-state index in [1.807, 2.05) is 17.5 Å². The molecule has 6 aromatic carbocycles. The first kappa shape index (κ1) is 30.6. The van der Waals surface area contributed by atoms with Gasteiger partial charge in [-0.15, -0.1) is 11.3 Å². The lowest BCUT2D eigenvalue weighted by Gasteiger charge is -2.24. The van der Waals surface area contributed by atoms with Crippen LogP contribution in [0.4, 0.5) is 0 Å². The number of nitrogens with one attached hydrogen (secondary N) is 1. The molecule has 254 valence electrons. The second kappa shape index (κ2) is 11.5. The Balaban J connectivity index is 0.940. The predicted molar refractivity (Wildman–Crippen MR) is 224 cm³/mol. The van der Waals surface area contributed by atoms with E-state index < -0.39 is 0 Å². The normalized spacial score (nSPS) is 18.2. The lowest BCUT2D eigenvalue weighted by atomic mass is 9.81. The molecule has 8 aromatic rings. The van der Waals surface area contributed by atoms with Crippen LogP contribution >= 0.6 is 11.3 Å². The first-order valence-corrected chi connectivity index (χ1v) is 19.4. The molecule has 11 rings (SSSR count). The molecule has 3 nitrogen and oxygen atoms in total. The summed E-state index contributed by atoms with van der Waals surface area (Å²) in [6, 6.07) is 49.4. The summed E-state index contributed by atoms with van der Waals surface area (Å²) in [4.78, 5) is 6.42. The Morgan fingerprint density at radius 2 is 1.47 bits per heavy atom. The van der Waals surface area contributed by atoms with Gasteiger partial charge in [0.15, 0.2) is 0 Å². The second-order valence-corrected chi connectivity index (χ2v) is 16.3. The molecule has 3 heterocycles. The number of aromatic nitrogens is 1. The van der Waals surface area contributed by atoms with Crippen LogP contribution in [0.5, 0.6) is 0 Å². The topological polar surface area (TPSA) is 29.3 Å². The van der Waals surface area contributed by atoms with E-state index in [1.165, 1.54) is 75.8 Å². The van der Waals surface area contributed by atoms with Gasteiger partial charge in [-0.25, -0.2) is 4.99 Å². The Labute approximate surface area is 313 Å². The Bertz CT molecular complexity index is 2900. The fraction of sp³-hybridized carbons (Fsp3) is 0.122. The SMILES string of the molecule is CC1(C)c2ccccc2-c2ccc(-c3cccc(C4C=CN=C(n5c6ccccc6c6cc(C7CC=Cc8c7sc7ccccc87)ccc65)N4)c3)cc21. The largest absolute Gasteiger partial charge is 0.345 e. The fourth-order valence-corrected chi connectivity index (χ4v) is 10.5. The zero-order valence-electron chi connectivity index (χ0n) is 29.7. The summed E-state index contributed by atoms with van der Waals surface area (Å²) in [6.07, 6.45) is 9.82. The molecule has 53 heavy (non-hydrogen) atoms. The number of thiophene rings is 1. The zero-order chi connectivity index (χ0) is 35.3. The van der Waals surface area contributed by atoms with Crippen LogP contribution in [-0.2, 0) is 5.41 Å². The molecule has 0 spiro atoms. The van der Waals surface area contributed by atoms with Gasteiger partial charge in [0.25, 0.3) is 0 Å². The van der Waals surface area contributed by atoms with Crippen molar-refractivity contribution in [3.63, 3.8) is 0 Å². The van der Waals surface area contributed by atoms with Gasteiger partial charge in [0, 0.05) is 37.9 Å². The molecule has 0 amide bonds. The Morgan fingerprint density at radius 3 is 2.42 bits per heavy atom. The van der Waals surface area contributed by atoms with Crippen molar-refractivity contribution in [2.75, 3.05) is 0 Å². The van der Waals surface area contributed by atoms with Crippen LogP contribution in [0.15, 0.2) is 157 Å². The number of nitrogens with zero attached hydrogens (tertiary/aromatic N) is 2. The fourth-order valence-electron chi connectivity index (χ4n) is 9.20. The van der Waals surface area contributed by atoms with Crippen LogP contribution in [0.1, 0.15) is 64.9 Å². The molecule has 2 atom stereocenters. The average Bonchev–Trinajstić information content (AvgIpc) is 3.83. The third-order valence-electron chi connectivity index (χ3n) is 11.9. The molecule has 1 N–H and O–H groups in total. The van der Waals surface area contributed by atoms with Crippen LogP contribution < -0.4 is 5.32 Å². The summed E-state index contributed by atoms with van der Waals surface area (Å²) < 4.78 is 3.67. The van der Waals surface area contributed by atoms with E-state index in [2.05, 4.69) is 175 Å².